The van der Waals surface area contributed by atoms with Crippen molar-refractivity contribution in [2.24, 2.45) is 5.92 Å². The molecule has 1 saturated carbocycles. The average Bonchev–Trinajstić information content (AvgIpc) is 2.70. The summed E-state index contributed by atoms with van der Waals surface area (Å²) in [7, 11) is 1.79. The van der Waals surface area contributed by atoms with Gasteiger partial charge in [0.15, 0.2) is 0 Å². The summed E-state index contributed by atoms with van der Waals surface area (Å²) in [5.74, 6) is -0.824. The highest BCUT2D eigenvalue weighted by Gasteiger charge is 2.25. The summed E-state index contributed by atoms with van der Waals surface area (Å²) in [6.45, 7) is 0. The van der Waals surface area contributed by atoms with Crippen LogP contribution in [0.25, 0.3) is 0 Å². The Balaban J connectivity index is 1.52. The first-order valence-electron chi connectivity index (χ1n) is 9.43. The van der Waals surface area contributed by atoms with E-state index in [9.17, 15) is 9.59 Å². The molecule has 3 rings (SSSR count). The third-order valence-corrected chi connectivity index (χ3v) is 5.27. The molecule has 1 fully saturated rings. The Bertz CT molecular complexity index is 766. The molecule has 0 aromatic heterocycles. The zero-order chi connectivity index (χ0) is 19.2. The zero-order valence-electron chi connectivity index (χ0n) is 15.6. The smallest absolute Gasteiger partial charge is 0.306 e. The number of nitrogens with zero attached hydrogens (tertiary/aromatic N) is 1. The number of aliphatic carboxylic acids is 1. The number of carboxylic acid groups (broad SMARTS) is 1. The van der Waals surface area contributed by atoms with Gasteiger partial charge >= 0.3 is 5.97 Å². The number of amides is 1. The third-order valence-electron chi connectivity index (χ3n) is 5.27. The SMILES string of the molecule is CN(C(=O)Cc1ccc(NC2CCC(C(=O)O)CC2)cc1)c1ccccc1. The molecule has 2 N–H and O–H groups in total. The zero-order valence-corrected chi connectivity index (χ0v) is 15.6. The molecule has 0 saturated heterocycles. The summed E-state index contributed by atoms with van der Waals surface area (Å²) in [5.41, 5.74) is 2.88. The first-order valence-corrected chi connectivity index (χ1v) is 9.43. The maximum Gasteiger partial charge on any atom is 0.306 e. The van der Waals surface area contributed by atoms with Crippen LogP contribution in [0.4, 0.5) is 11.4 Å². The standard InChI is InChI=1S/C22H26N2O3/c1-24(20-5-3-2-4-6-20)21(25)15-16-7-11-18(12-8-16)23-19-13-9-17(10-14-19)22(26)27/h2-8,11-12,17,19,23H,9-10,13-15H2,1H3,(H,26,27). The number of anilines is 2. The highest BCUT2D eigenvalue weighted by Crippen LogP contribution is 2.27. The Morgan fingerprint density at radius 3 is 2.22 bits per heavy atom. The first-order chi connectivity index (χ1) is 13.0. The maximum atomic E-state index is 12.5. The highest BCUT2D eigenvalue weighted by molar-refractivity contribution is 5.94. The number of carbonyl (C=O) groups excluding carboxylic acids is 1. The number of carboxylic acids is 1. The van der Waals surface area contributed by atoms with Crippen molar-refractivity contribution in [2.75, 3.05) is 17.3 Å². The number of hydrogen-bond donors (Lipinski definition) is 2. The van der Waals surface area contributed by atoms with Gasteiger partial charge in [-0.25, -0.2) is 0 Å². The van der Waals surface area contributed by atoms with Gasteiger partial charge in [-0.15, -0.1) is 0 Å². The maximum absolute atomic E-state index is 12.5. The van der Waals surface area contributed by atoms with Crippen LogP contribution in [0, 0.1) is 5.92 Å². The molecule has 0 unspecified atom stereocenters. The van der Waals surface area contributed by atoms with Crippen molar-refractivity contribution in [3.05, 3.63) is 60.2 Å². The molecule has 2 aromatic rings. The summed E-state index contributed by atoms with van der Waals surface area (Å²) >= 11 is 0. The van der Waals surface area contributed by atoms with Gasteiger partial charge in [-0.05, 0) is 55.5 Å². The second kappa shape index (κ2) is 8.71. The van der Waals surface area contributed by atoms with Crippen molar-refractivity contribution >= 4 is 23.3 Å². The Morgan fingerprint density at radius 1 is 1.00 bits per heavy atom. The average molecular weight is 366 g/mol. The molecule has 1 aliphatic carbocycles. The molecule has 0 bridgehead atoms. The summed E-state index contributed by atoms with van der Waals surface area (Å²) in [5, 5.41) is 12.6. The van der Waals surface area contributed by atoms with Crippen LogP contribution in [0.15, 0.2) is 54.6 Å². The normalized spacial score (nSPS) is 19.3. The molecule has 0 radical (unpaired) electrons. The van der Waals surface area contributed by atoms with Gasteiger partial charge in [-0.3, -0.25) is 9.59 Å². The van der Waals surface area contributed by atoms with E-state index in [1.54, 1.807) is 11.9 Å². The number of likely N-dealkylation sites (N-methyl/N-ethyl adjacent to an activating group) is 1. The predicted octanol–water partition coefficient (Wildman–Crippen LogP) is 3.95. The van der Waals surface area contributed by atoms with Gasteiger partial charge in [0.2, 0.25) is 5.91 Å². The fourth-order valence-electron chi connectivity index (χ4n) is 3.53. The Hall–Kier alpha value is -2.82. The van der Waals surface area contributed by atoms with Crippen LogP contribution in [0.1, 0.15) is 31.2 Å². The van der Waals surface area contributed by atoms with Crippen LogP contribution < -0.4 is 10.2 Å². The molecule has 0 aliphatic heterocycles. The van der Waals surface area contributed by atoms with Gasteiger partial charge in [0, 0.05) is 24.5 Å². The first kappa shape index (κ1) is 19.0. The van der Waals surface area contributed by atoms with Crippen molar-refractivity contribution in [3.63, 3.8) is 0 Å². The minimum Gasteiger partial charge on any atom is -0.481 e. The second-order valence-corrected chi connectivity index (χ2v) is 7.19. The number of hydrogen-bond acceptors (Lipinski definition) is 3. The minimum atomic E-state index is -0.678. The van der Waals surface area contributed by atoms with Crippen LogP contribution in [-0.4, -0.2) is 30.1 Å². The quantitative estimate of drug-likeness (QED) is 0.812. The molecule has 142 valence electrons. The fourth-order valence-corrected chi connectivity index (χ4v) is 3.53. The summed E-state index contributed by atoms with van der Waals surface area (Å²) < 4.78 is 0. The van der Waals surface area contributed by atoms with Crippen molar-refractivity contribution in [2.45, 2.75) is 38.1 Å². The van der Waals surface area contributed by atoms with E-state index in [0.29, 0.717) is 12.5 Å². The lowest BCUT2D eigenvalue weighted by atomic mass is 9.86. The van der Waals surface area contributed by atoms with Gasteiger partial charge in [-0.2, -0.15) is 0 Å². The van der Waals surface area contributed by atoms with Crippen LogP contribution in [0.2, 0.25) is 0 Å². The number of carbonyl (C=O) groups is 2. The van der Waals surface area contributed by atoms with Crippen molar-refractivity contribution in [1.29, 1.82) is 0 Å². The number of para-hydroxylation sites is 1. The molecule has 0 heterocycles. The van der Waals surface area contributed by atoms with E-state index in [1.165, 1.54) is 0 Å². The second-order valence-electron chi connectivity index (χ2n) is 7.19. The third kappa shape index (κ3) is 5.09. The van der Waals surface area contributed by atoms with Crippen molar-refractivity contribution in [1.82, 2.24) is 0 Å². The van der Waals surface area contributed by atoms with Crippen LogP contribution in [-0.2, 0) is 16.0 Å². The van der Waals surface area contributed by atoms with Gasteiger partial charge in [-0.1, -0.05) is 30.3 Å². The van der Waals surface area contributed by atoms with Gasteiger partial charge in [0.1, 0.15) is 0 Å². The molecule has 1 aliphatic rings. The molecule has 0 spiro atoms. The van der Waals surface area contributed by atoms with E-state index in [1.807, 2.05) is 54.6 Å². The van der Waals surface area contributed by atoms with Crippen LogP contribution >= 0.6 is 0 Å². The fraction of sp³-hybridized carbons (Fsp3) is 0.364. The lowest BCUT2D eigenvalue weighted by Gasteiger charge is -2.27. The van der Waals surface area contributed by atoms with Gasteiger partial charge < -0.3 is 15.3 Å². The van der Waals surface area contributed by atoms with E-state index in [0.717, 1.165) is 42.6 Å². The molecule has 5 heteroatoms. The number of nitrogens with one attached hydrogen (secondary N) is 1. The molecule has 0 atom stereocenters. The number of rotatable bonds is 6. The Kier molecular flexibility index (Phi) is 6.12. The minimum absolute atomic E-state index is 0.0499. The van der Waals surface area contributed by atoms with Crippen molar-refractivity contribution in [3.8, 4) is 0 Å². The van der Waals surface area contributed by atoms with Gasteiger partial charge in [0.25, 0.3) is 0 Å². The van der Waals surface area contributed by atoms with Crippen LogP contribution in [0.3, 0.4) is 0 Å². The summed E-state index contributed by atoms with van der Waals surface area (Å²) in [4.78, 5) is 25.2. The molecular formula is C22H26N2O3. The topological polar surface area (TPSA) is 69.6 Å². The van der Waals surface area contributed by atoms with Gasteiger partial charge in [0.05, 0.1) is 12.3 Å². The largest absolute Gasteiger partial charge is 0.481 e. The lowest BCUT2D eigenvalue weighted by molar-refractivity contribution is -0.142. The molecule has 27 heavy (non-hydrogen) atoms. The van der Waals surface area contributed by atoms with E-state index in [2.05, 4.69) is 5.32 Å². The van der Waals surface area contributed by atoms with E-state index in [-0.39, 0.29) is 11.8 Å². The van der Waals surface area contributed by atoms with Crippen LogP contribution in [0.5, 0.6) is 0 Å². The number of benzene rings is 2. The molecule has 1 amide bonds. The highest BCUT2D eigenvalue weighted by atomic mass is 16.4. The van der Waals surface area contributed by atoms with E-state index < -0.39 is 5.97 Å². The molecule has 5 nitrogen and oxygen atoms in total. The van der Waals surface area contributed by atoms with E-state index in [4.69, 9.17) is 5.11 Å². The Labute approximate surface area is 160 Å². The monoisotopic (exact) mass is 366 g/mol. The van der Waals surface area contributed by atoms with E-state index >= 15 is 0 Å². The lowest BCUT2D eigenvalue weighted by Crippen LogP contribution is -2.29. The summed E-state index contributed by atoms with van der Waals surface area (Å²) in [6, 6.07) is 17.9. The Morgan fingerprint density at radius 2 is 1.63 bits per heavy atom. The molecule has 2 aromatic carbocycles. The summed E-state index contributed by atoms with van der Waals surface area (Å²) in [6.07, 6.45) is 3.56. The van der Waals surface area contributed by atoms with Crippen molar-refractivity contribution < 1.29 is 14.7 Å². The molecular weight excluding hydrogens is 340 g/mol. The predicted molar refractivity (Wildman–Crippen MR) is 107 cm³/mol.